The van der Waals surface area contributed by atoms with Crippen molar-refractivity contribution in [1.29, 1.82) is 0 Å². The molecule has 0 spiro atoms. The van der Waals surface area contributed by atoms with E-state index in [-0.39, 0.29) is 12.5 Å². The number of carbonyl (C=O) groups is 2. The van der Waals surface area contributed by atoms with Crippen LogP contribution in [-0.4, -0.2) is 46.0 Å². The lowest BCUT2D eigenvalue weighted by Gasteiger charge is -2.35. The highest BCUT2D eigenvalue weighted by Gasteiger charge is 2.32. The Morgan fingerprint density at radius 1 is 1.48 bits per heavy atom. The lowest BCUT2D eigenvalue weighted by atomic mass is 9.92. The summed E-state index contributed by atoms with van der Waals surface area (Å²) in [7, 11) is 0. The number of rotatable bonds is 5. The lowest BCUT2D eigenvalue weighted by Crippen LogP contribution is -2.51. The van der Waals surface area contributed by atoms with Gasteiger partial charge in [0, 0.05) is 6.20 Å². The van der Waals surface area contributed by atoms with Gasteiger partial charge in [-0.05, 0) is 37.4 Å². The van der Waals surface area contributed by atoms with Crippen LogP contribution in [0.3, 0.4) is 0 Å². The summed E-state index contributed by atoms with van der Waals surface area (Å²) in [6, 6.07) is 4.71. The van der Waals surface area contributed by atoms with Crippen LogP contribution in [0.2, 0.25) is 0 Å². The van der Waals surface area contributed by atoms with Gasteiger partial charge in [-0.3, -0.25) is 25.3 Å². The normalized spacial score (nSPS) is 22.5. The number of nitrogens with one attached hydrogen (secondary N) is 2. The zero-order valence-electron chi connectivity index (χ0n) is 12.0. The van der Waals surface area contributed by atoms with Gasteiger partial charge < -0.3 is 5.11 Å². The average Bonchev–Trinajstić information content (AvgIpc) is 2.48. The zero-order valence-corrected chi connectivity index (χ0v) is 12.0. The lowest BCUT2D eigenvalue weighted by molar-refractivity contribution is -0.146. The third-order valence-corrected chi connectivity index (χ3v) is 3.60. The first kappa shape index (κ1) is 15.2. The molecular weight excluding hydrogens is 272 g/mol. The van der Waals surface area contributed by atoms with Crippen LogP contribution < -0.4 is 10.9 Å². The molecule has 7 nitrogen and oxygen atoms in total. The van der Waals surface area contributed by atoms with Crippen molar-refractivity contribution < 1.29 is 14.7 Å². The number of pyridine rings is 1. The van der Waals surface area contributed by atoms with E-state index in [1.54, 1.807) is 29.3 Å². The Labute approximate surface area is 123 Å². The number of likely N-dealkylation sites (tertiary alicyclic amines) is 1. The predicted octanol–water partition coefficient (Wildman–Crippen LogP) is 0.710. The predicted molar refractivity (Wildman–Crippen MR) is 77.4 cm³/mol. The molecule has 2 rings (SSSR count). The number of hydrogen-bond acceptors (Lipinski definition) is 5. The van der Waals surface area contributed by atoms with Crippen LogP contribution >= 0.6 is 0 Å². The van der Waals surface area contributed by atoms with Crippen LogP contribution in [0.1, 0.15) is 19.8 Å². The van der Waals surface area contributed by atoms with Gasteiger partial charge in [-0.1, -0.05) is 13.0 Å². The van der Waals surface area contributed by atoms with Crippen LogP contribution in [0, 0.1) is 5.92 Å². The molecular formula is C14H20N4O3. The summed E-state index contributed by atoms with van der Waals surface area (Å²) in [5, 5.41) is 9.25. The molecule has 0 bridgehead atoms. The second-order valence-electron chi connectivity index (χ2n) is 5.34. The van der Waals surface area contributed by atoms with Gasteiger partial charge in [0.15, 0.2) is 0 Å². The Morgan fingerprint density at radius 2 is 2.29 bits per heavy atom. The minimum Gasteiger partial charge on any atom is -0.480 e. The summed E-state index contributed by atoms with van der Waals surface area (Å²) in [5.74, 6) is -0.238. The van der Waals surface area contributed by atoms with Gasteiger partial charge >= 0.3 is 5.97 Å². The number of carboxylic acids is 1. The zero-order chi connectivity index (χ0) is 15.2. The van der Waals surface area contributed by atoms with E-state index in [1.165, 1.54) is 0 Å². The number of hydrogen-bond donors (Lipinski definition) is 3. The molecule has 114 valence electrons. The van der Waals surface area contributed by atoms with Gasteiger partial charge in [-0.15, -0.1) is 0 Å². The second-order valence-corrected chi connectivity index (χ2v) is 5.34. The smallest absolute Gasteiger partial charge is 0.320 e. The molecule has 3 N–H and O–H groups in total. The number of amides is 1. The molecule has 7 heteroatoms. The summed E-state index contributed by atoms with van der Waals surface area (Å²) in [4.78, 5) is 28.9. The maximum atomic E-state index is 11.9. The molecule has 2 heterocycles. The molecule has 1 saturated heterocycles. The maximum absolute atomic E-state index is 11.9. The summed E-state index contributed by atoms with van der Waals surface area (Å²) in [6.45, 7) is 2.72. The van der Waals surface area contributed by atoms with Crippen molar-refractivity contribution in [2.45, 2.75) is 25.8 Å². The van der Waals surface area contributed by atoms with Crippen LogP contribution in [0.25, 0.3) is 0 Å². The maximum Gasteiger partial charge on any atom is 0.320 e. The molecule has 1 fully saturated rings. The monoisotopic (exact) mass is 292 g/mol. The molecule has 0 aliphatic carbocycles. The Hall–Kier alpha value is -2.15. The molecule has 1 aromatic rings. The van der Waals surface area contributed by atoms with Crippen molar-refractivity contribution in [2.75, 3.05) is 18.5 Å². The van der Waals surface area contributed by atoms with E-state index in [0.717, 1.165) is 6.42 Å². The highest BCUT2D eigenvalue weighted by molar-refractivity contribution is 5.80. The largest absolute Gasteiger partial charge is 0.480 e. The van der Waals surface area contributed by atoms with Gasteiger partial charge in [0.25, 0.3) is 5.91 Å². The molecule has 0 saturated carbocycles. The van der Waals surface area contributed by atoms with Crippen LogP contribution in [0.4, 0.5) is 5.82 Å². The third-order valence-electron chi connectivity index (χ3n) is 3.60. The summed E-state index contributed by atoms with van der Waals surface area (Å²) < 4.78 is 0. The molecule has 21 heavy (non-hydrogen) atoms. The van der Waals surface area contributed by atoms with Gasteiger partial charge in [0.2, 0.25) is 0 Å². The first-order valence-electron chi connectivity index (χ1n) is 6.99. The van der Waals surface area contributed by atoms with E-state index in [9.17, 15) is 14.7 Å². The minimum atomic E-state index is -0.868. The van der Waals surface area contributed by atoms with E-state index < -0.39 is 12.0 Å². The number of hydrazine groups is 1. The van der Waals surface area contributed by atoms with E-state index in [1.807, 2.05) is 6.92 Å². The van der Waals surface area contributed by atoms with Gasteiger partial charge in [-0.25, -0.2) is 4.98 Å². The van der Waals surface area contributed by atoms with Crippen molar-refractivity contribution in [2.24, 2.45) is 5.92 Å². The van der Waals surface area contributed by atoms with E-state index in [4.69, 9.17) is 0 Å². The standard InChI is InChI=1S/C14H20N4O3/c1-10-5-7-18(11(8-10)14(20)21)9-13(19)17-16-12-4-2-3-6-15-12/h2-4,6,10-11H,5,7-9H2,1H3,(H,15,16)(H,17,19)(H,20,21). The quantitative estimate of drug-likeness (QED) is 0.692. The molecule has 2 atom stereocenters. The van der Waals surface area contributed by atoms with Crippen molar-refractivity contribution in [3.8, 4) is 0 Å². The van der Waals surface area contributed by atoms with E-state index in [2.05, 4.69) is 15.8 Å². The third kappa shape index (κ3) is 4.42. The van der Waals surface area contributed by atoms with E-state index >= 15 is 0 Å². The molecule has 1 aromatic heterocycles. The van der Waals surface area contributed by atoms with Crippen molar-refractivity contribution in [3.63, 3.8) is 0 Å². The first-order valence-corrected chi connectivity index (χ1v) is 6.99. The summed E-state index contributed by atoms with van der Waals surface area (Å²) in [6.07, 6.45) is 3.10. The van der Waals surface area contributed by atoms with Gasteiger partial charge in [0.05, 0.1) is 6.54 Å². The minimum absolute atomic E-state index is 0.0590. The fourth-order valence-electron chi connectivity index (χ4n) is 2.43. The van der Waals surface area contributed by atoms with Gasteiger partial charge in [0.1, 0.15) is 11.9 Å². The molecule has 2 unspecified atom stereocenters. The van der Waals surface area contributed by atoms with Crippen LogP contribution in [0.15, 0.2) is 24.4 Å². The number of carbonyl (C=O) groups excluding carboxylic acids is 1. The summed E-state index contributed by atoms with van der Waals surface area (Å²) >= 11 is 0. The number of carboxylic acid groups (broad SMARTS) is 1. The topological polar surface area (TPSA) is 94.6 Å². The molecule has 0 radical (unpaired) electrons. The first-order chi connectivity index (χ1) is 10.1. The number of aromatic nitrogens is 1. The Morgan fingerprint density at radius 3 is 2.95 bits per heavy atom. The van der Waals surface area contributed by atoms with Crippen molar-refractivity contribution in [3.05, 3.63) is 24.4 Å². The fourth-order valence-corrected chi connectivity index (χ4v) is 2.43. The molecule has 0 aromatic carbocycles. The average molecular weight is 292 g/mol. The SMILES string of the molecule is CC1CCN(CC(=O)NNc2ccccn2)C(C(=O)O)C1. The highest BCUT2D eigenvalue weighted by Crippen LogP contribution is 2.22. The fraction of sp³-hybridized carbons (Fsp3) is 0.500. The molecule has 1 aliphatic heterocycles. The Kier molecular flexibility index (Phi) is 5.10. The number of anilines is 1. The Balaban J connectivity index is 1.85. The number of piperidine rings is 1. The van der Waals surface area contributed by atoms with Crippen molar-refractivity contribution in [1.82, 2.24) is 15.3 Å². The summed E-state index contributed by atoms with van der Waals surface area (Å²) in [5.41, 5.74) is 5.23. The second kappa shape index (κ2) is 7.03. The van der Waals surface area contributed by atoms with E-state index in [0.29, 0.717) is 24.7 Å². The number of nitrogens with zero attached hydrogens (tertiary/aromatic N) is 2. The molecule has 1 aliphatic rings. The van der Waals surface area contributed by atoms with Crippen molar-refractivity contribution >= 4 is 17.7 Å². The van der Waals surface area contributed by atoms with Gasteiger partial charge in [-0.2, -0.15) is 0 Å². The Bertz CT molecular complexity index is 494. The van der Waals surface area contributed by atoms with Crippen LogP contribution in [0.5, 0.6) is 0 Å². The van der Waals surface area contributed by atoms with Crippen LogP contribution in [-0.2, 0) is 9.59 Å². The highest BCUT2D eigenvalue weighted by atomic mass is 16.4. The molecule has 1 amide bonds. The number of aliphatic carboxylic acids is 1.